The molecular weight excluding hydrogens is 602 g/mol. The first kappa shape index (κ1) is 29.4. The molecule has 14 heteroatoms. The highest BCUT2D eigenvalue weighted by Crippen LogP contribution is 2.34. The van der Waals surface area contributed by atoms with Gasteiger partial charge in [-0.15, -0.1) is 0 Å². The SMILES string of the molecule is COc1ncc(Cl)cc1S(=O)(=O)Nc1ccc(F)c(-c2ccc3nc(NC4CCC(NC5COC5)CC4)ncc3c2)c1F. The van der Waals surface area contributed by atoms with Crippen LogP contribution in [-0.2, 0) is 14.8 Å². The maximum absolute atomic E-state index is 15.7. The molecule has 3 heterocycles. The third kappa shape index (κ3) is 6.35. The lowest BCUT2D eigenvalue weighted by Crippen LogP contribution is -2.51. The molecule has 1 aliphatic heterocycles. The molecule has 0 spiro atoms. The Bertz CT molecular complexity index is 1770. The smallest absolute Gasteiger partial charge is 0.267 e. The second kappa shape index (κ2) is 12.2. The number of fused-ring (bicyclic) bond motifs is 1. The van der Waals surface area contributed by atoms with Crippen molar-refractivity contribution in [1.82, 2.24) is 20.3 Å². The largest absolute Gasteiger partial charge is 0.480 e. The Kier molecular flexibility index (Phi) is 8.32. The molecule has 43 heavy (non-hydrogen) atoms. The molecule has 0 amide bonds. The van der Waals surface area contributed by atoms with E-state index in [1.54, 1.807) is 18.3 Å². The van der Waals surface area contributed by atoms with Gasteiger partial charge < -0.3 is 20.1 Å². The zero-order chi connectivity index (χ0) is 30.1. The summed E-state index contributed by atoms with van der Waals surface area (Å²) in [5.41, 5.74) is -0.0723. The van der Waals surface area contributed by atoms with E-state index >= 15 is 4.39 Å². The summed E-state index contributed by atoms with van der Waals surface area (Å²) in [4.78, 5) is 12.5. The van der Waals surface area contributed by atoms with Crippen molar-refractivity contribution in [3.63, 3.8) is 0 Å². The van der Waals surface area contributed by atoms with Crippen molar-refractivity contribution < 1.29 is 26.7 Å². The van der Waals surface area contributed by atoms with Gasteiger partial charge in [-0.2, -0.15) is 0 Å². The number of hydrogen-bond acceptors (Lipinski definition) is 9. The Labute approximate surface area is 252 Å². The van der Waals surface area contributed by atoms with Gasteiger partial charge in [0.2, 0.25) is 11.8 Å². The van der Waals surface area contributed by atoms with E-state index < -0.39 is 37.8 Å². The van der Waals surface area contributed by atoms with E-state index in [1.165, 1.54) is 19.4 Å². The lowest BCUT2D eigenvalue weighted by atomic mass is 9.90. The fourth-order valence-corrected chi connectivity index (χ4v) is 6.79. The molecule has 1 saturated heterocycles. The van der Waals surface area contributed by atoms with Crippen LogP contribution < -0.4 is 20.1 Å². The van der Waals surface area contributed by atoms with Crippen LogP contribution in [0.25, 0.3) is 22.0 Å². The number of benzene rings is 2. The number of hydrogen-bond donors (Lipinski definition) is 3. The Morgan fingerprint density at radius 2 is 1.74 bits per heavy atom. The van der Waals surface area contributed by atoms with Gasteiger partial charge in [0, 0.05) is 29.9 Å². The van der Waals surface area contributed by atoms with Crippen LogP contribution >= 0.6 is 11.6 Å². The maximum Gasteiger partial charge on any atom is 0.267 e. The van der Waals surface area contributed by atoms with Crippen LogP contribution in [0, 0.1) is 11.6 Å². The van der Waals surface area contributed by atoms with Crippen molar-refractivity contribution in [2.45, 2.75) is 48.7 Å². The number of pyridine rings is 1. The Balaban J connectivity index is 1.20. The van der Waals surface area contributed by atoms with Gasteiger partial charge in [0.15, 0.2) is 10.7 Å². The lowest BCUT2D eigenvalue weighted by Gasteiger charge is -2.35. The molecule has 0 unspecified atom stereocenters. The highest BCUT2D eigenvalue weighted by Gasteiger charge is 2.27. The summed E-state index contributed by atoms with van der Waals surface area (Å²) in [7, 11) is -3.15. The molecule has 3 N–H and O–H groups in total. The summed E-state index contributed by atoms with van der Waals surface area (Å²) in [6, 6.07) is 9.07. The normalized spacial score (nSPS) is 19.2. The van der Waals surface area contributed by atoms with Crippen molar-refractivity contribution in [2.24, 2.45) is 0 Å². The molecule has 2 aromatic heterocycles. The minimum Gasteiger partial charge on any atom is -0.480 e. The molecular formula is C29H29ClF2N6O4S. The van der Waals surface area contributed by atoms with E-state index in [4.69, 9.17) is 21.1 Å². The van der Waals surface area contributed by atoms with Gasteiger partial charge in [0.1, 0.15) is 5.82 Å². The number of nitrogens with zero attached hydrogens (tertiary/aromatic N) is 3. The summed E-state index contributed by atoms with van der Waals surface area (Å²) in [5.74, 6) is -1.70. The quantitative estimate of drug-likeness (QED) is 0.230. The number of methoxy groups -OCH3 is 1. The van der Waals surface area contributed by atoms with Crippen LogP contribution in [-0.4, -0.2) is 61.8 Å². The zero-order valence-corrected chi connectivity index (χ0v) is 24.7. The van der Waals surface area contributed by atoms with E-state index in [1.807, 2.05) is 0 Å². The zero-order valence-electron chi connectivity index (χ0n) is 23.1. The summed E-state index contributed by atoms with van der Waals surface area (Å²) < 4.78 is 69.2. The summed E-state index contributed by atoms with van der Waals surface area (Å²) in [6.45, 7) is 1.57. The van der Waals surface area contributed by atoms with Crippen molar-refractivity contribution in [1.29, 1.82) is 0 Å². The first-order valence-corrected chi connectivity index (χ1v) is 15.6. The molecule has 6 rings (SSSR count). The van der Waals surface area contributed by atoms with Crippen LogP contribution in [0.3, 0.4) is 0 Å². The predicted molar refractivity (Wildman–Crippen MR) is 159 cm³/mol. The van der Waals surface area contributed by atoms with Crippen LogP contribution in [0.15, 0.2) is 53.7 Å². The molecule has 0 atom stereocenters. The minimum atomic E-state index is -4.39. The number of ether oxygens (including phenoxy) is 2. The number of nitrogens with one attached hydrogen (secondary N) is 3. The molecule has 0 radical (unpaired) electrons. The van der Waals surface area contributed by atoms with Gasteiger partial charge in [0.05, 0.1) is 48.2 Å². The average molecular weight is 631 g/mol. The number of anilines is 2. The third-order valence-corrected chi connectivity index (χ3v) is 9.21. The average Bonchev–Trinajstić information content (AvgIpc) is 2.97. The van der Waals surface area contributed by atoms with E-state index in [0.29, 0.717) is 28.9 Å². The maximum atomic E-state index is 15.7. The van der Waals surface area contributed by atoms with Gasteiger partial charge in [-0.3, -0.25) is 4.72 Å². The molecule has 1 aliphatic carbocycles. The number of rotatable bonds is 9. The summed E-state index contributed by atoms with van der Waals surface area (Å²) >= 11 is 5.92. The fourth-order valence-electron chi connectivity index (χ4n) is 5.36. The fraction of sp³-hybridized carbons (Fsp3) is 0.345. The van der Waals surface area contributed by atoms with Gasteiger partial charge in [-0.1, -0.05) is 17.7 Å². The van der Waals surface area contributed by atoms with Crippen molar-refractivity contribution in [2.75, 3.05) is 30.4 Å². The molecule has 2 aromatic carbocycles. The summed E-state index contributed by atoms with van der Waals surface area (Å²) in [5, 5.41) is 7.66. The van der Waals surface area contributed by atoms with E-state index in [2.05, 4.69) is 30.3 Å². The van der Waals surface area contributed by atoms with Gasteiger partial charge in [-0.25, -0.2) is 32.2 Å². The Hall–Kier alpha value is -3.65. The molecule has 226 valence electrons. The van der Waals surface area contributed by atoms with Crippen LogP contribution in [0.1, 0.15) is 25.7 Å². The summed E-state index contributed by atoms with van der Waals surface area (Å²) in [6.07, 6.45) is 6.91. The predicted octanol–water partition coefficient (Wildman–Crippen LogP) is 5.14. The third-order valence-electron chi connectivity index (χ3n) is 7.64. The Morgan fingerprint density at radius 3 is 2.47 bits per heavy atom. The second-order valence-electron chi connectivity index (χ2n) is 10.6. The van der Waals surface area contributed by atoms with E-state index in [9.17, 15) is 12.8 Å². The van der Waals surface area contributed by atoms with Crippen molar-refractivity contribution >= 4 is 44.2 Å². The number of halogens is 3. The molecule has 1 saturated carbocycles. The highest BCUT2D eigenvalue weighted by atomic mass is 35.5. The van der Waals surface area contributed by atoms with Gasteiger partial charge >= 0.3 is 0 Å². The van der Waals surface area contributed by atoms with Crippen molar-refractivity contribution in [3.8, 4) is 17.0 Å². The van der Waals surface area contributed by atoms with Gasteiger partial charge in [-0.05, 0) is 61.6 Å². The topological polar surface area (TPSA) is 127 Å². The van der Waals surface area contributed by atoms with Crippen LogP contribution in [0.2, 0.25) is 5.02 Å². The van der Waals surface area contributed by atoms with E-state index in [0.717, 1.165) is 57.1 Å². The van der Waals surface area contributed by atoms with Crippen molar-refractivity contribution in [3.05, 3.63) is 65.4 Å². The number of sulfonamides is 1. The first-order valence-electron chi connectivity index (χ1n) is 13.8. The second-order valence-corrected chi connectivity index (χ2v) is 12.7. The van der Waals surface area contributed by atoms with E-state index in [-0.39, 0.29) is 22.5 Å². The molecule has 2 fully saturated rings. The molecule has 4 aromatic rings. The molecule has 10 nitrogen and oxygen atoms in total. The monoisotopic (exact) mass is 630 g/mol. The highest BCUT2D eigenvalue weighted by molar-refractivity contribution is 7.92. The van der Waals surface area contributed by atoms with Crippen LogP contribution in [0.5, 0.6) is 5.88 Å². The molecule has 2 aliphatic rings. The van der Waals surface area contributed by atoms with Crippen LogP contribution in [0.4, 0.5) is 20.4 Å². The number of aromatic nitrogens is 3. The molecule has 0 bridgehead atoms. The van der Waals surface area contributed by atoms with Gasteiger partial charge in [0.25, 0.3) is 10.0 Å². The standard InChI is InChI=1S/C29H29ClF2N6O4S/c1-41-28-25(11-18(30)13-33-28)43(39,40)38-24-9-7-22(31)26(27(24)32)16-2-8-23-17(10-16)12-34-29(37-23)36-20-5-3-19(4-6-20)35-21-14-42-15-21/h2,7-13,19-21,35,38H,3-6,14-15H2,1H3,(H,34,36,37). The Morgan fingerprint density at radius 1 is 0.977 bits per heavy atom. The lowest BCUT2D eigenvalue weighted by molar-refractivity contribution is -0.0120. The first-order chi connectivity index (χ1) is 20.7. The minimum absolute atomic E-state index is 0.0398.